The third-order valence-electron chi connectivity index (χ3n) is 6.74. The van der Waals surface area contributed by atoms with Crippen molar-refractivity contribution in [2.75, 3.05) is 38.5 Å². The monoisotopic (exact) mass is 478 g/mol. The van der Waals surface area contributed by atoms with E-state index in [1.807, 2.05) is 49.7 Å². The zero-order chi connectivity index (χ0) is 25.5. The van der Waals surface area contributed by atoms with Gasteiger partial charge in [0.1, 0.15) is 6.07 Å². The number of aromatic nitrogens is 2. The average molecular weight is 479 g/mol. The van der Waals surface area contributed by atoms with Crippen LogP contribution in [-0.4, -0.2) is 53.0 Å². The molecule has 1 aliphatic heterocycles. The molecule has 1 aliphatic rings. The van der Waals surface area contributed by atoms with Crippen molar-refractivity contribution in [2.24, 2.45) is 0 Å². The number of anilines is 1. The molecule has 0 unspecified atom stereocenters. The number of nitrogens with one attached hydrogen (secondary N) is 2. The van der Waals surface area contributed by atoms with E-state index in [-0.39, 0.29) is 0 Å². The molecule has 0 radical (unpaired) electrons. The van der Waals surface area contributed by atoms with Crippen LogP contribution >= 0.6 is 0 Å². The minimum atomic E-state index is 0.488. The Kier molecular flexibility index (Phi) is 8.17. The Morgan fingerprint density at radius 1 is 1.19 bits per heavy atom. The zero-order valence-corrected chi connectivity index (χ0v) is 21.4. The summed E-state index contributed by atoms with van der Waals surface area (Å²) in [6, 6.07) is 12.6. The van der Waals surface area contributed by atoms with Crippen molar-refractivity contribution < 1.29 is 0 Å². The maximum absolute atomic E-state index is 9.80. The quantitative estimate of drug-likeness (QED) is 0.323. The van der Waals surface area contributed by atoms with Crippen LogP contribution in [0.25, 0.3) is 17.0 Å². The van der Waals surface area contributed by atoms with Gasteiger partial charge in [-0.05, 0) is 67.9 Å². The minimum Gasteiger partial charge on any atom is -0.361 e. The van der Waals surface area contributed by atoms with Gasteiger partial charge in [0, 0.05) is 61.7 Å². The van der Waals surface area contributed by atoms with Crippen molar-refractivity contribution in [3.8, 4) is 6.07 Å². The van der Waals surface area contributed by atoms with Crippen molar-refractivity contribution >= 4 is 22.7 Å². The number of benzene rings is 1. The number of nitrogens with zero attached hydrogens (tertiary/aromatic N) is 4. The number of aromatic amines is 1. The lowest BCUT2D eigenvalue weighted by Gasteiger charge is -2.32. The zero-order valence-electron chi connectivity index (χ0n) is 21.4. The van der Waals surface area contributed by atoms with Crippen molar-refractivity contribution in [1.29, 1.82) is 5.26 Å². The van der Waals surface area contributed by atoms with Crippen LogP contribution < -0.4 is 5.32 Å². The highest BCUT2D eigenvalue weighted by Crippen LogP contribution is 2.28. The van der Waals surface area contributed by atoms with E-state index in [1.54, 1.807) is 6.08 Å². The smallest absolute Gasteiger partial charge is 0.101 e. The molecule has 0 atom stereocenters. The highest BCUT2D eigenvalue weighted by atomic mass is 15.2. The van der Waals surface area contributed by atoms with Crippen molar-refractivity contribution in [1.82, 2.24) is 19.8 Å². The van der Waals surface area contributed by atoms with Gasteiger partial charge in [0.05, 0.1) is 17.0 Å². The molecule has 184 valence electrons. The molecule has 6 nitrogen and oxygen atoms in total. The van der Waals surface area contributed by atoms with Crippen LogP contribution in [0.15, 0.2) is 84.4 Å². The van der Waals surface area contributed by atoms with Crippen molar-refractivity contribution in [2.45, 2.75) is 20.4 Å². The molecule has 2 N–H and O–H groups in total. The van der Waals surface area contributed by atoms with Crippen molar-refractivity contribution in [3.63, 3.8) is 0 Å². The normalized spacial score (nSPS) is 16.2. The number of aryl methyl sites for hydroxylation is 1. The van der Waals surface area contributed by atoms with Crippen molar-refractivity contribution in [3.05, 3.63) is 101 Å². The summed E-state index contributed by atoms with van der Waals surface area (Å²) in [6.07, 6.45) is 11.5. The lowest BCUT2D eigenvalue weighted by Crippen LogP contribution is -2.43. The second kappa shape index (κ2) is 11.7. The summed E-state index contributed by atoms with van der Waals surface area (Å²) < 4.78 is 0. The predicted octanol–water partition coefficient (Wildman–Crippen LogP) is 5.65. The van der Waals surface area contributed by atoms with Crippen LogP contribution in [0.1, 0.15) is 23.7 Å². The Hall–Kier alpha value is -3.92. The van der Waals surface area contributed by atoms with E-state index in [1.165, 1.54) is 0 Å². The number of rotatable bonds is 8. The molecule has 1 aromatic carbocycles. The molecule has 3 heterocycles. The van der Waals surface area contributed by atoms with Gasteiger partial charge in [-0.1, -0.05) is 30.9 Å². The molecule has 6 heteroatoms. The van der Waals surface area contributed by atoms with E-state index < -0.39 is 0 Å². The Bertz CT molecular complexity index is 1340. The molecule has 0 amide bonds. The van der Waals surface area contributed by atoms with Crippen LogP contribution in [-0.2, 0) is 6.54 Å². The lowest BCUT2D eigenvalue weighted by molar-refractivity contribution is 0.147. The number of fused-ring (bicyclic) bond motifs is 1. The van der Waals surface area contributed by atoms with Crippen LogP contribution in [0.2, 0.25) is 0 Å². The summed E-state index contributed by atoms with van der Waals surface area (Å²) in [5.74, 6) is 0. The molecule has 0 saturated carbocycles. The van der Waals surface area contributed by atoms with Crippen LogP contribution in [0.4, 0.5) is 5.69 Å². The van der Waals surface area contributed by atoms with Gasteiger partial charge in [-0.25, -0.2) is 0 Å². The molecular formula is C30H34N6. The van der Waals surface area contributed by atoms with E-state index >= 15 is 0 Å². The summed E-state index contributed by atoms with van der Waals surface area (Å²) in [6.45, 7) is 13.2. The average Bonchev–Trinajstić information content (AvgIpc) is 3.38. The molecule has 3 aromatic rings. The Balaban J connectivity index is 1.53. The van der Waals surface area contributed by atoms with Gasteiger partial charge in [-0.15, -0.1) is 0 Å². The molecule has 1 fully saturated rings. The highest BCUT2D eigenvalue weighted by molar-refractivity contribution is 5.88. The van der Waals surface area contributed by atoms with Gasteiger partial charge >= 0.3 is 0 Å². The fourth-order valence-electron chi connectivity index (χ4n) is 4.43. The van der Waals surface area contributed by atoms with Gasteiger partial charge in [-0.2, -0.15) is 5.26 Å². The number of piperazine rings is 1. The fraction of sp³-hybridized carbons (Fsp3) is 0.267. The second-order valence-electron chi connectivity index (χ2n) is 9.15. The number of H-pyrrole nitrogens is 1. The van der Waals surface area contributed by atoms with E-state index in [2.05, 4.69) is 69.9 Å². The standard InChI is InChI=1S/C30H34N6/c1-5-24(9-7-23-8-10-26(33-20-23)21-36-17-15-35(4)16-18-36)30(25(6-2)19-31)34-28-11-12-29-27(22(28)3)13-14-32-29/h5-14,20,32,34H,2,15-18,21H2,1,3-4H3/b9-7+,24-5-,30-25-. The van der Waals surface area contributed by atoms with Gasteiger partial charge in [-0.3, -0.25) is 9.88 Å². The van der Waals surface area contributed by atoms with Crippen LogP contribution in [0.5, 0.6) is 0 Å². The van der Waals surface area contributed by atoms with Crippen LogP contribution in [0.3, 0.4) is 0 Å². The Morgan fingerprint density at radius 3 is 2.67 bits per heavy atom. The minimum absolute atomic E-state index is 0.488. The topological polar surface area (TPSA) is 71.0 Å². The number of nitriles is 1. The van der Waals surface area contributed by atoms with Gasteiger partial charge < -0.3 is 15.2 Å². The summed E-state index contributed by atoms with van der Waals surface area (Å²) in [4.78, 5) is 12.7. The lowest BCUT2D eigenvalue weighted by atomic mass is 10.0. The third-order valence-corrected chi connectivity index (χ3v) is 6.74. The summed E-state index contributed by atoms with van der Waals surface area (Å²) in [5.41, 5.74) is 7.37. The molecule has 2 aromatic heterocycles. The Labute approximate surface area is 214 Å². The third kappa shape index (κ3) is 5.83. The number of likely N-dealkylation sites (N-methyl/N-ethyl adjacent to an activating group) is 1. The fourth-order valence-corrected chi connectivity index (χ4v) is 4.43. The maximum Gasteiger partial charge on any atom is 0.101 e. The first-order chi connectivity index (χ1) is 17.5. The number of allylic oxidation sites excluding steroid dienone is 4. The predicted molar refractivity (Wildman–Crippen MR) is 149 cm³/mol. The molecular weight excluding hydrogens is 444 g/mol. The summed E-state index contributed by atoms with van der Waals surface area (Å²) in [5, 5.41) is 14.5. The molecule has 0 spiro atoms. The number of pyridine rings is 1. The van der Waals surface area contributed by atoms with Crippen LogP contribution in [0, 0.1) is 18.3 Å². The van der Waals surface area contributed by atoms with Gasteiger partial charge in [0.15, 0.2) is 0 Å². The Morgan fingerprint density at radius 2 is 2.00 bits per heavy atom. The summed E-state index contributed by atoms with van der Waals surface area (Å²) in [7, 11) is 2.17. The van der Waals surface area contributed by atoms with E-state index in [4.69, 9.17) is 0 Å². The first-order valence-electron chi connectivity index (χ1n) is 12.3. The number of hydrogen-bond acceptors (Lipinski definition) is 5. The second-order valence-corrected chi connectivity index (χ2v) is 9.15. The number of hydrogen-bond donors (Lipinski definition) is 2. The molecule has 0 aliphatic carbocycles. The molecule has 1 saturated heterocycles. The SMILES string of the molecule is C=C\C(C#N)=C(Nc1ccc2[nH]ccc2c1C)/C(=C\C)/C=C/c1ccc(CN2CCN(C)CC2)nc1. The molecule has 36 heavy (non-hydrogen) atoms. The largest absolute Gasteiger partial charge is 0.361 e. The first-order valence-corrected chi connectivity index (χ1v) is 12.3. The van der Waals surface area contributed by atoms with E-state index in [0.717, 1.165) is 77.4 Å². The van der Waals surface area contributed by atoms with E-state index in [0.29, 0.717) is 5.57 Å². The summed E-state index contributed by atoms with van der Waals surface area (Å²) >= 11 is 0. The highest BCUT2D eigenvalue weighted by Gasteiger charge is 2.14. The first kappa shape index (κ1) is 25.2. The maximum atomic E-state index is 9.80. The van der Waals surface area contributed by atoms with E-state index in [9.17, 15) is 5.26 Å². The molecule has 0 bridgehead atoms. The van der Waals surface area contributed by atoms with Gasteiger partial charge in [0.2, 0.25) is 0 Å². The van der Waals surface area contributed by atoms with Gasteiger partial charge in [0.25, 0.3) is 0 Å². The molecule has 4 rings (SSSR count).